The van der Waals surface area contributed by atoms with Crippen LogP contribution in [0.5, 0.6) is 5.88 Å². The Morgan fingerprint density at radius 3 is 3.08 bits per heavy atom. The highest BCUT2D eigenvalue weighted by Crippen LogP contribution is 2.12. The van der Waals surface area contributed by atoms with Crippen LogP contribution in [0.15, 0.2) is 18.3 Å². The zero-order valence-corrected chi connectivity index (χ0v) is 6.93. The Morgan fingerprint density at radius 2 is 2.46 bits per heavy atom. The molecule has 0 aliphatic rings. The number of hydrogen-bond donors (Lipinski definition) is 2. The molecule has 0 aliphatic heterocycles. The van der Waals surface area contributed by atoms with E-state index in [0.29, 0.717) is 0 Å². The van der Waals surface area contributed by atoms with Crippen molar-refractivity contribution in [1.29, 1.82) is 0 Å². The van der Waals surface area contributed by atoms with Crippen molar-refractivity contribution in [3.8, 4) is 5.88 Å². The number of pyridine rings is 1. The third kappa shape index (κ3) is 2.41. The number of rotatable bonds is 4. The summed E-state index contributed by atoms with van der Waals surface area (Å²) in [7, 11) is 0. The van der Waals surface area contributed by atoms with E-state index in [1.54, 1.807) is 6.07 Å². The van der Waals surface area contributed by atoms with Crippen molar-refractivity contribution in [2.45, 2.75) is 0 Å². The summed E-state index contributed by atoms with van der Waals surface area (Å²) in [5.74, 6) is -0.440. The molecule has 1 rings (SSSR count). The van der Waals surface area contributed by atoms with Gasteiger partial charge in [0.1, 0.15) is 12.2 Å². The first-order valence-corrected chi connectivity index (χ1v) is 3.74. The van der Waals surface area contributed by atoms with Crippen LogP contribution in [0.3, 0.4) is 0 Å². The molecule has 0 saturated heterocycles. The van der Waals surface area contributed by atoms with Crippen molar-refractivity contribution < 1.29 is 14.6 Å². The van der Waals surface area contributed by atoms with Crippen molar-refractivity contribution in [3.05, 3.63) is 23.9 Å². The molecule has 70 valence electrons. The van der Waals surface area contributed by atoms with Crippen molar-refractivity contribution in [1.82, 2.24) is 4.98 Å². The van der Waals surface area contributed by atoms with Gasteiger partial charge >= 0.3 is 0 Å². The maximum absolute atomic E-state index is 10.8. The molecule has 0 unspecified atom stereocenters. The van der Waals surface area contributed by atoms with Crippen LogP contribution in [0.25, 0.3) is 0 Å². The third-order valence-corrected chi connectivity index (χ3v) is 1.37. The number of carbonyl (C=O) groups excluding carboxylic acids is 1. The summed E-state index contributed by atoms with van der Waals surface area (Å²) in [5, 5.41) is 8.49. The Kier molecular flexibility index (Phi) is 3.22. The Hall–Kier alpha value is -1.62. The normalized spacial score (nSPS) is 9.62. The van der Waals surface area contributed by atoms with Crippen LogP contribution < -0.4 is 10.5 Å². The lowest BCUT2D eigenvalue weighted by Gasteiger charge is -2.05. The molecule has 5 nitrogen and oxygen atoms in total. The fourth-order valence-corrected chi connectivity index (χ4v) is 0.836. The van der Waals surface area contributed by atoms with E-state index >= 15 is 0 Å². The molecule has 13 heavy (non-hydrogen) atoms. The molecule has 0 atom stereocenters. The van der Waals surface area contributed by atoms with Gasteiger partial charge < -0.3 is 15.6 Å². The van der Waals surface area contributed by atoms with E-state index in [2.05, 4.69) is 4.98 Å². The summed E-state index contributed by atoms with van der Waals surface area (Å²) >= 11 is 0. The van der Waals surface area contributed by atoms with Gasteiger partial charge in [-0.15, -0.1) is 0 Å². The molecular weight excluding hydrogens is 172 g/mol. The summed E-state index contributed by atoms with van der Waals surface area (Å²) < 4.78 is 4.99. The second-order valence-electron chi connectivity index (χ2n) is 2.29. The van der Waals surface area contributed by atoms with Crippen LogP contribution in [-0.2, 0) is 0 Å². The lowest BCUT2D eigenvalue weighted by atomic mass is 10.2. The molecule has 1 aromatic rings. The summed E-state index contributed by atoms with van der Waals surface area (Å²) in [5.41, 5.74) is 5.28. The molecule has 1 aromatic heterocycles. The number of aliphatic hydroxyl groups is 1. The maximum atomic E-state index is 10.8. The van der Waals surface area contributed by atoms with Crippen molar-refractivity contribution in [3.63, 3.8) is 0 Å². The summed E-state index contributed by atoms with van der Waals surface area (Å²) in [4.78, 5) is 14.6. The zero-order chi connectivity index (χ0) is 9.68. The molecule has 0 bridgehead atoms. The largest absolute Gasteiger partial charge is 0.475 e. The number of carbonyl (C=O) groups is 1. The minimum atomic E-state index is -0.596. The molecule has 0 radical (unpaired) electrons. The van der Waals surface area contributed by atoms with Crippen molar-refractivity contribution in [2.75, 3.05) is 13.2 Å². The second kappa shape index (κ2) is 4.42. The first kappa shape index (κ1) is 9.47. The number of nitrogens with zero attached hydrogens (tertiary/aromatic N) is 1. The number of nitrogens with two attached hydrogens (primary N) is 1. The van der Waals surface area contributed by atoms with Gasteiger partial charge in [0.05, 0.1) is 6.61 Å². The summed E-state index contributed by atoms with van der Waals surface area (Å²) in [6.45, 7) is -0.0356. The number of ether oxygens (including phenoxy) is 1. The fraction of sp³-hybridized carbons (Fsp3) is 0.250. The standard InChI is InChI=1S/C8H10N2O3/c9-7(12)6-2-1-3-10-8(6)13-5-4-11/h1-3,11H,4-5H2,(H2,9,12). The third-order valence-electron chi connectivity index (χ3n) is 1.37. The van der Waals surface area contributed by atoms with Gasteiger partial charge in [-0.2, -0.15) is 0 Å². The van der Waals surface area contributed by atoms with Crippen molar-refractivity contribution >= 4 is 5.91 Å². The Morgan fingerprint density at radius 1 is 1.69 bits per heavy atom. The minimum absolute atomic E-state index is 0.0945. The fourth-order valence-electron chi connectivity index (χ4n) is 0.836. The molecule has 0 aliphatic carbocycles. The van der Waals surface area contributed by atoms with E-state index < -0.39 is 5.91 Å². The lowest BCUT2D eigenvalue weighted by molar-refractivity contribution is 0.0993. The van der Waals surface area contributed by atoms with Gasteiger partial charge in [-0.05, 0) is 12.1 Å². The quantitative estimate of drug-likeness (QED) is 0.660. The molecule has 0 saturated carbocycles. The maximum Gasteiger partial charge on any atom is 0.254 e. The molecule has 1 heterocycles. The van der Waals surface area contributed by atoms with Crippen LogP contribution in [0.1, 0.15) is 10.4 Å². The molecule has 1 amide bonds. The SMILES string of the molecule is NC(=O)c1cccnc1OCCO. The van der Waals surface area contributed by atoms with Gasteiger partial charge in [0.2, 0.25) is 5.88 Å². The van der Waals surface area contributed by atoms with Crippen LogP contribution >= 0.6 is 0 Å². The van der Waals surface area contributed by atoms with Crippen LogP contribution in [0.2, 0.25) is 0 Å². The zero-order valence-electron chi connectivity index (χ0n) is 6.93. The summed E-state index contributed by atoms with van der Waals surface area (Å²) in [6.07, 6.45) is 1.49. The topological polar surface area (TPSA) is 85.4 Å². The molecule has 0 spiro atoms. The summed E-state index contributed by atoms with van der Waals surface area (Å²) in [6, 6.07) is 3.11. The highest BCUT2D eigenvalue weighted by atomic mass is 16.5. The van der Waals surface area contributed by atoms with Crippen LogP contribution in [-0.4, -0.2) is 29.2 Å². The van der Waals surface area contributed by atoms with E-state index in [4.69, 9.17) is 15.6 Å². The Balaban J connectivity index is 2.84. The van der Waals surface area contributed by atoms with E-state index in [-0.39, 0.29) is 24.7 Å². The number of aliphatic hydroxyl groups excluding tert-OH is 1. The minimum Gasteiger partial charge on any atom is -0.475 e. The molecule has 0 fully saturated rings. The van der Waals surface area contributed by atoms with Crippen LogP contribution in [0, 0.1) is 0 Å². The monoisotopic (exact) mass is 182 g/mol. The Labute approximate surface area is 75.2 Å². The van der Waals surface area contributed by atoms with Gasteiger partial charge in [0.15, 0.2) is 0 Å². The van der Waals surface area contributed by atoms with Gasteiger partial charge in [0, 0.05) is 6.20 Å². The number of amides is 1. The van der Waals surface area contributed by atoms with E-state index in [1.807, 2.05) is 0 Å². The highest BCUT2D eigenvalue weighted by Gasteiger charge is 2.08. The average Bonchev–Trinajstić information content (AvgIpc) is 2.15. The van der Waals surface area contributed by atoms with Gasteiger partial charge in [0.25, 0.3) is 5.91 Å². The van der Waals surface area contributed by atoms with E-state index in [0.717, 1.165) is 0 Å². The smallest absolute Gasteiger partial charge is 0.254 e. The second-order valence-corrected chi connectivity index (χ2v) is 2.29. The van der Waals surface area contributed by atoms with Crippen LogP contribution in [0.4, 0.5) is 0 Å². The lowest BCUT2D eigenvalue weighted by Crippen LogP contribution is -2.14. The first-order chi connectivity index (χ1) is 6.25. The van der Waals surface area contributed by atoms with Gasteiger partial charge in [-0.3, -0.25) is 4.79 Å². The Bertz CT molecular complexity index is 301. The van der Waals surface area contributed by atoms with Crippen molar-refractivity contribution in [2.24, 2.45) is 5.73 Å². The van der Waals surface area contributed by atoms with Gasteiger partial charge in [-0.25, -0.2) is 4.98 Å². The predicted molar refractivity (Wildman–Crippen MR) is 45.3 cm³/mol. The van der Waals surface area contributed by atoms with Gasteiger partial charge in [-0.1, -0.05) is 0 Å². The predicted octanol–water partition coefficient (Wildman–Crippen LogP) is -0.448. The number of primary amides is 1. The highest BCUT2D eigenvalue weighted by molar-refractivity contribution is 5.94. The number of hydrogen-bond acceptors (Lipinski definition) is 4. The van der Waals surface area contributed by atoms with E-state index in [9.17, 15) is 4.79 Å². The molecular formula is C8H10N2O3. The molecule has 0 aromatic carbocycles. The first-order valence-electron chi connectivity index (χ1n) is 3.74. The molecule has 5 heteroatoms. The number of aromatic nitrogens is 1. The van der Waals surface area contributed by atoms with E-state index in [1.165, 1.54) is 12.3 Å². The molecule has 3 N–H and O–H groups in total. The average molecular weight is 182 g/mol.